The maximum Gasteiger partial charge on any atom is 0.130 e. The lowest BCUT2D eigenvalue weighted by atomic mass is 9.90. The van der Waals surface area contributed by atoms with Gasteiger partial charge in [0.1, 0.15) is 11.6 Å². The van der Waals surface area contributed by atoms with Crippen LogP contribution < -0.4 is 5.32 Å². The van der Waals surface area contributed by atoms with E-state index < -0.39 is 11.6 Å². The van der Waals surface area contributed by atoms with Crippen molar-refractivity contribution >= 4 is 0 Å². The lowest BCUT2D eigenvalue weighted by Gasteiger charge is -2.24. The van der Waals surface area contributed by atoms with Gasteiger partial charge < -0.3 is 5.32 Å². The molecule has 1 N–H and O–H groups in total. The highest BCUT2D eigenvalue weighted by atomic mass is 19.1. The van der Waals surface area contributed by atoms with Gasteiger partial charge in [0, 0.05) is 17.7 Å². The summed E-state index contributed by atoms with van der Waals surface area (Å²) in [6.07, 6.45) is 3.43. The van der Waals surface area contributed by atoms with Gasteiger partial charge >= 0.3 is 0 Å². The van der Waals surface area contributed by atoms with Gasteiger partial charge in [-0.25, -0.2) is 8.78 Å². The van der Waals surface area contributed by atoms with E-state index in [1.807, 2.05) is 7.05 Å². The molecule has 1 saturated carbocycles. The Hall–Kier alpha value is -0.960. The number of hydrogen-bond donors (Lipinski definition) is 1. The minimum atomic E-state index is -0.513. The Balaban J connectivity index is 2.23. The van der Waals surface area contributed by atoms with Crippen LogP contribution in [0.25, 0.3) is 0 Å². The van der Waals surface area contributed by atoms with E-state index in [-0.39, 0.29) is 6.04 Å². The van der Waals surface area contributed by atoms with Crippen molar-refractivity contribution in [2.75, 3.05) is 7.05 Å². The van der Waals surface area contributed by atoms with E-state index in [0.717, 1.165) is 18.9 Å². The smallest absolute Gasteiger partial charge is 0.130 e. The topological polar surface area (TPSA) is 12.0 Å². The second kappa shape index (κ2) is 5.13. The minimum absolute atomic E-state index is 0.000509. The van der Waals surface area contributed by atoms with Crippen molar-refractivity contribution in [3.05, 3.63) is 35.4 Å². The molecule has 0 saturated heterocycles. The monoisotopic (exact) mass is 239 g/mol. The summed E-state index contributed by atoms with van der Waals surface area (Å²) in [4.78, 5) is 0. The van der Waals surface area contributed by atoms with Crippen LogP contribution in [-0.4, -0.2) is 7.05 Å². The van der Waals surface area contributed by atoms with Crippen molar-refractivity contribution in [1.29, 1.82) is 0 Å². The van der Waals surface area contributed by atoms with Gasteiger partial charge in [-0.2, -0.15) is 0 Å². The van der Waals surface area contributed by atoms with Gasteiger partial charge in [-0.05, 0) is 37.8 Å². The molecule has 0 spiro atoms. The van der Waals surface area contributed by atoms with Crippen LogP contribution in [0, 0.1) is 23.5 Å². The van der Waals surface area contributed by atoms with Gasteiger partial charge in [-0.15, -0.1) is 0 Å². The van der Waals surface area contributed by atoms with Crippen molar-refractivity contribution in [2.24, 2.45) is 11.8 Å². The zero-order valence-electron chi connectivity index (χ0n) is 10.3. The lowest BCUT2D eigenvalue weighted by molar-refractivity contribution is 0.367. The third kappa shape index (κ3) is 2.65. The van der Waals surface area contributed by atoms with Gasteiger partial charge in [-0.1, -0.05) is 19.4 Å². The fourth-order valence-electron chi connectivity index (χ4n) is 2.95. The molecule has 3 atom stereocenters. The third-order valence-corrected chi connectivity index (χ3v) is 3.82. The Morgan fingerprint density at radius 3 is 2.59 bits per heavy atom. The van der Waals surface area contributed by atoms with Crippen molar-refractivity contribution < 1.29 is 8.78 Å². The van der Waals surface area contributed by atoms with Gasteiger partial charge in [0.2, 0.25) is 0 Å². The molecule has 3 heteroatoms. The Bertz CT molecular complexity index is 392. The lowest BCUT2D eigenvalue weighted by Crippen LogP contribution is -2.24. The quantitative estimate of drug-likeness (QED) is 0.848. The Morgan fingerprint density at radius 2 is 2.06 bits per heavy atom. The largest absolute Gasteiger partial charge is 0.313 e. The van der Waals surface area contributed by atoms with E-state index in [4.69, 9.17) is 0 Å². The van der Waals surface area contributed by atoms with Crippen LogP contribution in [0.5, 0.6) is 0 Å². The van der Waals surface area contributed by atoms with E-state index in [9.17, 15) is 8.78 Å². The number of halogens is 2. The molecule has 0 radical (unpaired) electrons. The van der Waals surface area contributed by atoms with Crippen molar-refractivity contribution in [3.63, 3.8) is 0 Å². The van der Waals surface area contributed by atoms with E-state index in [0.29, 0.717) is 17.4 Å². The fraction of sp³-hybridized carbons (Fsp3) is 0.571. The van der Waals surface area contributed by atoms with Crippen LogP contribution in [0.4, 0.5) is 8.78 Å². The second-order valence-corrected chi connectivity index (χ2v) is 5.11. The molecule has 94 valence electrons. The highest BCUT2D eigenvalue weighted by Crippen LogP contribution is 2.39. The van der Waals surface area contributed by atoms with Crippen molar-refractivity contribution in [3.8, 4) is 0 Å². The maximum atomic E-state index is 13.8. The zero-order chi connectivity index (χ0) is 12.4. The van der Waals surface area contributed by atoms with Crippen molar-refractivity contribution in [1.82, 2.24) is 5.32 Å². The summed E-state index contributed by atoms with van der Waals surface area (Å²) in [6.45, 7) is 2.23. The molecule has 0 aromatic heterocycles. The first-order valence-electron chi connectivity index (χ1n) is 6.24. The second-order valence-electron chi connectivity index (χ2n) is 5.11. The van der Waals surface area contributed by atoms with Crippen LogP contribution in [0.3, 0.4) is 0 Å². The standard InChI is InChI=1S/C14H19F2N/c1-9-3-4-10(7-9)14(17-2)12-6-5-11(15)8-13(12)16/h5-6,8-10,14,17H,3-4,7H2,1-2H3. The van der Waals surface area contributed by atoms with E-state index in [2.05, 4.69) is 12.2 Å². The molecular formula is C14H19F2N. The Kier molecular flexibility index (Phi) is 3.77. The number of hydrogen-bond acceptors (Lipinski definition) is 1. The average Bonchev–Trinajstić information content (AvgIpc) is 2.69. The summed E-state index contributed by atoms with van der Waals surface area (Å²) < 4.78 is 26.7. The predicted octanol–water partition coefficient (Wildman–Crippen LogP) is 3.66. The number of benzene rings is 1. The van der Waals surface area contributed by atoms with Gasteiger partial charge in [0.05, 0.1) is 0 Å². The summed E-state index contributed by atoms with van der Waals surface area (Å²) >= 11 is 0. The molecule has 0 amide bonds. The summed E-state index contributed by atoms with van der Waals surface area (Å²) in [6, 6.07) is 3.87. The minimum Gasteiger partial charge on any atom is -0.313 e. The van der Waals surface area contributed by atoms with Gasteiger partial charge in [0.15, 0.2) is 0 Å². The van der Waals surface area contributed by atoms with Crippen LogP contribution in [0.2, 0.25) is 0 Å². The molecule has 0 aliphatic heterocycles. The highest BCUT2D eigenvalue weighted by Gasteiger charge is 2.30. The molecule has 0 bridgehead atoms. The molecular weight excluding hydrogens is 220 g/mol. The molecule has 1 aliphatic rings. The molecule has 1 aliphatic carbocycles. The molecule has 0 heterocycles. The first-order valence-corrected chi connectivity index (χ1v) is 6.24. The van der Waals surface area contributed by atoms with Gasteiger partial charge in [0.25, 0.3) is 0 Å². The predicted molar refractivity (Wildman–Crippen MR) is 64.7 cm³/mol. The Morgan fingerprint density at radius 1 is 1.29 bits per heavy atom. The van der Waals surface area contributed by atoms with Crippen LogP contribution in [0.15, 0.2) is 18.2 Å². The van der Waals surface area contributed by atoms with E-state index in [1.165, 1.54) is 12.5 Å². The number of rotatable bonds is 3. The number of nitrogens with one attached hydrogen (secondary N) is 1. The Labute approximate surface area is 101 Å². The van der Waals surface area contributed by atoms with Crippen LogP contribution >= 0.6 is 0 Å². The molecule has 3 unspecified atom stereocenters. The third-order valence-electron chi connectivity index (χ3n) is 3.82. The van der Waals surface area contributed by atoms with Crippen LogP contribution in [0.1, 0.15) is 37.8 Å². The zero-order valence-corrected chi connectivity index (χ0v) is 10.3. The molecule has 1 aromatic carbocycles. The van der Waals surface area contributed by atoms with Crippen molar-refractivity contribution in [2.45, 2.75) is 32.2 Å². The molecule has 1 nitrogen and oxygen atoms in total. The summed E-state index contributed by atoms with van der Waals surface area (Å²) in [7, 11) is 1.84. The summed E-state index contributed by atoms with van der Waals surface area (Å²) in [5.41, 5.74) is 0.591. The first kappa shape index (κ1) is 12.5. The SMILES string of the molecule is CNC(c1ccc(F)cc1F)C1CCC(C)C1. The first-order chi connectivity index (χ1) is 8.11. The average molecular weight is 239 g/mol. The molecule has 1 aromatic rings. The normalized spacial score (nSPS) is 26.1. The fourth-order valence-corrected chi connectivity index (χ4v) is 2.95. The maximum absolute atomic E-state index is 13.8. The highest BCUT2D eigenvalue weighted by molar-refractivity contribution is 5.23. The van der Waals surface area contributed by atoms with Crippen LogP contribution in [-0.2, 0) is 0 Å². The molecule has 17 heavy (non-hydrogen) atoms. The molecule has 2 rings (SSSR count). The summed E-state index contributed by atoms with van der Waals surface area (Å²) in [5, 5.41) is 3.18. The van der Waals surface area contributed by atoms with E-state index in [1.54, 1.807) is 6.07 Å². The molecule has 1 fully saturated rings. The summed E-state index contributed by atoms with van der Waals surface area (Å²) in [5.74, 6) is 0.208. The van der Waals surface area contributed by atoms with E-state index >= 15 is 0 Å². The van der Waals surface area contributed by atoms with Gasteiger partial charge in [-0.3, -0.25) is 0 Å².